The minimum atomic E-state index is -4.51. The topological polar surface area (TPSA) is 186 Å². The molecule has 1 aromatic carbocycles. The van der Waals surface area contributed by atoms with Gasteiger partial charge in [-0.1, -0.05) is 12.1 Å². The number of amides is 3. The number of nitrogens with zero attached hydrogens (tertiary/aromatic N) is 5. The van der Waals surface area contributed by atoms with E-state index in [-0.39, 0.29) is 50.2 Å². The number of carboxylic acid groups (broad SMARTS) is 1. The lowest BCUT2D eigenvalue weighted by Crippen LogP contribution is -2.56. The maximum Gasteiger partial charge on any atom is 0.407 e. The van der Waals surface area contributed by atoms with E-state index in [1.54, 1.807) is 13.2 Å². The number of hydrogen-bond donors (Lipinski definition) is 4. The monoisotopic (exact) mass is 594 g/mol. The Labute approximate surface area is 235 Å². The van der Waals surface area contributed by atoms with Gasteiger partial charge in [-0.15, -0.1) is 0 Å². The molecule has 3 amide bonds. The second kappa shape index (κ2) is 12.9. The molecule has 0 unspecified atom stereocenters. The first-order valence-corrected chi connectivity index (χ1v) is 14.8. The van der Waals surface area contributed by atoms with Gasteiger partial charge in [-0.25, -0.2) is 19.2 Å². The first kappa shape index (κ1) is 30.3. The third-order valence-electron chi connectivity index (χ3n) is 7.00. The number of carbonyl (C=O) groups excluding carboxylic acids is 2. The predicted octanol–water partition coefficient (Wildman–Crippen LogP) is 0.996. The number of anilines is 1. The van der Waals surface area contributed by atoms with Gasteiger partial charge in [-0.2, -0.15) is 0 Å². The summed E-state index contributed by atoms with van der Waals surface area (Å²) in [7, 11) is -2.91. The Morgan fingerprint density at radius 1 is 1.12 bits per heavy atom. The van der Waals surface area contributed by atoms with Crippen LogP contribution in [0.4, 0.5) is 15.0 Å². The summed E-state index contributed by atoms with van der Waals surface area (Å²) in [5.41, 5.74) is 0.202. The molecule has 0 bridgehead atoms. The molecule has 0 saturated carbocycles. The largest absolute Gasteiger partial charge is 0.465 e. The molecule has 2 fully saturated rings. The van der Waals surface area contributed by atoms with Crippen LogP contribution in [0.2, 0.25) is 0 Å². The van der Waals surface area contributed by atoms with Crippen LogP contribution >= 0.6 is 7.60 Å². The number of aromatic nitrogens is 2. The first-order chi connectivity index (χ1) is 19.4. The molecule has 2 aromatic rings. The number of benzene rings is 1. The van der Waals surface area contributed by atoms with Crippen LogP contribution in [0, 0.1) is 5.82 Å². The van der Waals surface area contributed by atoms with Gasteiger partial charge in [0.05, 0.1) is 12.3 Å². The van der Waals surface area contributed by atoms with Gasteiger partial charge in [0.15, 0.2) is 5.82 Å². The second-order valence-corrected chi connectivity index (χ2v) is 11.6. The van der Waals surface area contributed by atoms with Crippen LogP contribution in [-0.2, 0) is 14.1 Å². The van der Waals surface area contributed by atoms with Crippen LogP contribution in [0.5, 0.6) is 0 Å². The van der Waals surface area contributed by atoms with Gasteiger partial charge in [0, 0.05) is 58.0 Å². The summed E-state index contributed by atoms with van der Waals surface area (Å²) < 4.78 is 31.0. The fourth-order valence-electron chi connectivity index (χ4n) is 4.72. The van der Waals surface area contributed by atoms with E-state index < -0.39 is 43.5 Å². The highest BCUT2D eigenvalue weighted by molar-refractivity contribution is 7.51. The number of hydrogen-bond acceptors (Lipinski definition) is 8. The van der Waals surface area contributed by atoms with Crippen molar-refractivity contribution in [3.8, 4) is 11.4 Å². The Kier molecular flexibility index (Phi) is 9.53. The number of piperazine rings is 1. The second-order valence-electron chi connectivity index (χ2n) is 9.84. The van der Waals surface area contributed by atoms with E-state index >= 15 is 0 Å². The summed E-state index contributed by atoms with van der Waals surface area (Å²) >= 11 is 0. The highest BCUT2D eigenvalue weighted by Crippen LogP contribution is 2.35. The van der Waals surface area contributed by atoms with E-state index in [2.05, 4.69) is 15.3 Å². The zero-order valence-corrected chi connectivity index (χ0v) is 23.2. The molecule has 4 rings (SSSR count). The highest BCUT2D eigenvalue weighted by Gasteiger charge is 2.32. The molecule has 16 heteroatoms. The summed E-state index contributed by atoms with van der Waals surface area (Å²) in [6.45, 7) is 1.33. The van der Waals surface area contributed by atoms with Crippen molar-refractivity contribution >= 4 is 31.3 Å². The lowest BCUT2D eigenvalue weighted by molar-refractivity contribution is -0.134. The van der Waals surface area contributed by atoms with Crippen molar-refractivity contribution in [2.75, 3.05) is 57.4 Å². The van der Waals surface area contributed by atoms with E-state index in [4.69, 9.17) is 4.74 Å². The molecule has 14 nitrogen and oxygen atoms in total. The summed E-state index contributed by atoms with van der Waals surface area (Å²) in [5, 5.41) is 11.7. The first-order valence-electron chi connectivity index (χ1n) is 13.0. The van der Waals surface area contributed by atoms with Crippen LogP contribution in [0.3, 0.4) is 0 Å². The number of halogens is 1. The van der Waals surface area contributed by atoms with Crippen LogP contribution in [0.15, 0.2) is 30.3 Å². The van der Waals surface area contributed by atoms with Crippen molar-refractivity contribution in [2.45, 2.75) is 25.0 Å². The third-order valence-corrected chi connectivity index (χ3v) is 7.85. The number of ether oxygens (including phenoxy) is 1. The molecule has 0 radical (unpaired) electrons. The molecule has 0 spiro atoms. The smallest absolute Gasteiger partial charge is 0.407 e. The van der Waals surface area contributed by atoms with E-state index in [9.17, 15) is 38.2 Å². The van der Waals surface area contributed by atoms with Gasteiger partial charge in [0.2, 0.25) is 5.91 Å². The van der Waals surface area contributed by atoms with Crippen LogP contribution in [-0.4, -0.2) is 117 Å². The normalized spacial score (nSPS) is 18.3. The number of nitrogens with one attached hydrogen (secondary N) is 1. The SMILES string of the molecule is CO[C@H]1CCN(c2cc(C(=O)N[C@@H](CCP(=O)(O)O)C(=O)N3CCN(C(=O)O)CC3)nc(-c3cccc(F)c3)n2)C1. The van der Waals surface area contributed by atoms with E-state index in [1.807, 2.05) is 4.90 Å². The molecular formula is C25H32FN6O8P. The zero-order chi connectivity index (χ0) is 29.7. The summed E-state index contributed by atoms with van der Waals surface area (Å²) in [6, 6.07) is 5.69. The van der Waals surface area contributed by atoms with E-state index in [0.717, 1.165) is 11.3 Å². The lowest BCUT2D eigenvalue weighted by atomic mass is 10.1. The predicted molar refractivity (Wildman–Crippen MR) is 144 cm³/mol. The van der Waals surface area contributed by atoms with Crippen molar-refractivity contribution in [3.63, 3.8) is 0 Å². The molecule has 1 aromatic heterocycles. The Morgan fingerprint density at radius 2 is 1.83 bits per heavy atom. The minimum Gasteiger partial charge on any atom is -0.465 e. The van der Waals surface area contributed by atoms with Gasteiger partial charge in [-0.3, -0.25) is 14.2 Å². The Balaban J connectivity index is 1.61. The molecule has 3 heterocycles. The Morgan fingerprint density at radius 3 is 2.44 bits per heavy atom. The Hall–Kier alpha value is -3.65. The van der Waals surface area contributed by atoms with E-state index in [0.29, 0.717) is 24.5 Å². The zero-order valence-electron chi connectivity index (χ0n) is 22.3. The van der Waals surface area contributed by atoms with Gasteiger partial charge in [0.25, 0.3) is 5.91 Å². The minimum absolute atomic E-state index is 0.0453. The molecule has 222 valence electrons. The molecule has 4 N–H and O–H groups in total. The van der Waals surface area contributed by atoms with E-state index in [1.165, 1.54) is 29.2 Å². The summed E-state index contributed by atoms with van der Waals surface area (Å²) in [6.07, 6.45) is -1.45. The average molecular weight is 595 g/mol. The standard InChI is InChI=1S/C25H32FN6O8P/c1-40-18-5-7-32(15-18)21-14-20(27-22(29-21)16-3-2-4-17(26)13-16)23(33)28-19(6-12-41(37,38)39)24(34)30-8-10-31(11-9-30)25(35)36/h2-4,13-14,18-19H,5-12,15H2,1H3,(H,28,33)(H,35,36)(H2,37,38,39)/t18-,19-/m0/s1. The highest BCUT2D eigenvalue weighted by atomic mass is 31.2. The average Bonchev–Trinajstić information content (AvgIpc) is 3.44. The number of carbonyl (C=O) groups is 3. The molecule has 2 saturated heterocycles. The molecule has 0 aliphatic carbocycles. The fourth-order valence-corrected chi connectivity index (χ4v) is 5.32. The fraction of sp³-hybridized carbons (Fsp3) is 0.480. The lowest BCUT2D eigenvalue weighted by Gasteiger charge is -2.35. The third kappa shape index (κ3) is 7.97. The molecule has 2 atom stereocenters. The van der Waals surface area contributed by atoms with Gasteiger partial charge >= 0.3 is 13.7 Å². The number of rotatable bonds is 9. The van der Waals surface area contributed by atoms with Crippen molar-refractivity contribution in [1.29, 1.82) is 0 Å². The van der Waals surface area contributed by atoms with Crippen molar-refractivity contribution in [3.05, 3.63) is 41.8 Å². The van der Waals surface area contributed by atoms with Gasteiger partial charge < -0.3 is 39.6 Å². The quantitative estimate of drug-likeness (QED) is 0.304. The maximum atomic E-state index is 14.0. The molecular weight excluding hydrogens is 562 g/mol. The van der Waals surface area contributed by atoms with Crippen LogP contribution in [0.1, 0.15) is 23.3 Å². The number of methoxy groups -OCH3 is 1. The Bertz CT molecular complexity index is 1330. The summed E-state index contributed by atoms with van der Waals surface area (Å²) in [4.78, 5) is 70.1. The van der Waals surface area contributed by atoms with Gasteiger partial charge in [0.1, 0.15) is 23.4 Å². The van der Waals surface area contributed by atoms with Crippen molar-refractivity contribution in [2.24, 2.45) is 0 Å². The van der Waals surface area contributed by atoms with Crippen LogP contribution in [0.25, 0.3) is 11.4 Å². The summed E-state index contributed by atoms with van der Waals surface area (Å²) in [5.74, 6) is -1.43. The molecule has 2 aliphatic rings. The molecule has 41 heavy (non-hydrogen) atoms. The maximum absolute atomic E-state index is 14.0. The van der Waals surface area contributed by atoms with Gasteiger partial charge in [-0.05, 0) is 25.0 Å². The van der Waals surface area contributed by atoms with Crippen molar-refractivity contribution in [1.82, 2.24) is 25.1 Å². The van der Waals surface area contributed by atoms with Crippen LogP contribution < -0.4 is 10.2 Å². The van der Waals surface area contributed by atoms with Crippen molar-refractivity contribution < 1.29 is 43.0 Å². The molecule has 2 aliphatic heterocycles.